The SMILES string of the molecule is C=CCc1c(OC(=O)C(=C)C)ccc2c1[nH]c1ccccc12. The predicted octanol–water partition coefficient (Wildman–Crippen LogP) is 4.53. The molecule has 0 radical (unpaired) electrons. The standard InChI is InChI=1S/C19H17NO2/c1-4-7-15-17(22-19(21)12(2)3)11-10-14-13-8-5-6-9-16(13)20-18(14)15/h4-6,8-11,20H,1-2,7H2,3H3. The number of hydrogen-bond acceptors (Lipinski definition) is 2. The number of carbonyl (C=O) groups excluding carboxylic acids is 1. The first-order valence-electron chi connectivity index (χ1n) is 7.12. The Kier molecular flexibility index (Phi) is 3.55. The molecule has 3 rings (SSSR count). The highest BCUT2D eigenvalue weighted by Gasteiger charge is 2.15. The van der Waals surface area contributed by atoms with Crippen LogP contribution in [0, 0.1) is 0 Å². The smallest absolute Gasteiger partial charge is 0.338 e. The van der Waals surface area contributed by atoms with Crippen LogP contribution in [0.15, 0.2) is 61.2 Å². The van der Waals surface area contributed by atoms with Gasteiger partial charge in [0.2, 0.25) is 0 Å². The van der Waals surface area contributed by atoms with Gasteiger partial charge in [0.05, 0.1) is 5.52 Å². The third-order valence-electron chi connectivity index (χ3n) is 3.65. The fraction of sp³-hybridized carbons (Fsp3) is 0.105. The zero-order valence-electron chi connectivity index (χ0n) is 12.5. The van der Waals surface area contributed by atoms with Gasteiger partial charge in [0, 0.05) is 27.4 Å². The van der Waals surface area contributed by atoms with Crippen LogP contribution in [0.1, 0.15) is 12.5 Å². The molecule has 0 amide bonds. The summed E-state index contributed by atoms with van der Waals surface area (Å²) in [5.74, 6) is 0.132. The van der Waals surface area contributed by atoms with Gasteiger partial charge in [-0.05, 0) is 31.5 Å². The van der Waals surface area contributed by atoms with Crippen LogP contribution in [-0.4, -0.2) is 11.0 Å². The maximum Gasteiger partial charge on any atom is 0.338 e. The minimum atomic E-state index is -0.416. The van der Waals surface area contributed by atoms with Crippen molar-refractivity contribution in [3.63, 3.8) is 0 Å². The molecule has 0 spiro atoms. The van der Waals surface area contributed by atoms with Gasteiger partial charge in [-0.1, -0.05) is 30.9 Å². The highest BCUT2D eigenvalue weighted by atomic mass is 16.5. The first-order valence-corrected chi connectivity index (χ1v) is 7.12. The third kappa shape index (κ3) is 2.31. The van der Waals surface area contributed by atoms with Gasteiger partial charge in [0.15, 0.2) is 0 Å². The minimum absolute atomic E-state index is 0.376. The Morgan fingerprint density at radius 3 is 2.73 bits per heavy atom. The molecule has 3 aromatic rings. The summed E-state index contributed by atoms with van der Waals surface area (Å²) in [4.78, 5) is 15.2. The maximum absolute atomic E-state index is 11.8. The van der Waals surface area contributed by atoms with Gasteiger partial charge in [-0.3, -0.25) is 0 Å². The Labute approximate surface area is 128 Å². The summed E-state index contributed by atoms with van der Waals surface area (Å²) < 4.78 is 5.46. The van der Waals surface area contributed by atoms with Crippen LogP contribution in [0.3, 0.4) is 0 Å². The van der Waals surface area contributed by atoms with E-state index in [1.54, 1.807) is 13.0 Å². The molecular formula is C19H17NO2. The van der Waals surface area contributed by atoms with Crippen molar-refractivity contribution in [3.05, 3.63) is 66.8 Å². The zero-order valence-corrected chi connectivity index (χ0v) is 12.5. The fourth-order valence-electron chi connectivity index (χ4n) is 2.59. The lowest BCUT2D eigenvalue weighted by molar-refractivity contribution is -0.130. The quantitative estimate of drug-likeness (QED) is 0.332. The van der Waals surface area contributed by atoms with E-state index >= 15 is 0 Å². The van der Waals surface area contributed by atoms with Crippen LogP contribution in [0.5, 0.6) is 5.75 Å². The number of nitrogens with one attached hydrogen (secondary N) is 1. The molecule has 0 atom stereocenters. The number of hydrogen-bond donors (Lipinski definition) is 1. The van der Waals surface area contributed by atoms with Gasteiger partial charge >= 0.3 is 5.97 Å². The van der Waals surface area contributed by atoms with E-state index in [4.69, 9.17) is 4.74 Å². The number of aromatic amines is 1. The average molecular weight is 291 g/mol. The molecule has 0 aliphatic rings. The normalized spacial score (nSPS) is 10.8. The second kappa shape index (κ2) is 5.53. The first-order chi connectivity index (χ1) is 10.6. The molecule has 3 heteroatoms. The van der Waals surface area contributed by atoms with E-state index in [1.807, 2.05) is 30.3 Å². The molecule has 0 aliphatic carbocycles. The largest absolute Gasteiger partial charge is 0.423 e. The van der Waals surface area contributed by atoms with Crippen molar-refractivity contribution in [2.24, 2.45) is 0 Å². The molecular weight excluding hydrogens is 274 g/mol. The minimum Gasteiger partial charge on any atom is -0.423 e. The number of fused-ring (bicyclic) bond motifs is 3. The van der Waals surface area contributed by atoms with E-state index in [0.717, 1.165) is 27.4 Å². The second-order valence-electron chi connectivity index (χ2n) is 5.30. The van der Waals surface area contributed by atoms with Gasteiger partial charge in [-0.2, -0.15) is 0 Å². The first kappa shape index (κ1) is 14.1. The Morgan fingerprint density at radius 2 is 2.00 bits per heavy atom. The summed E-state index contributed by atoms with van der Waals surface area (Å²) in [6.07, 6.45) is 2.42. The number of H-pyrrole nitrogens is 1. The summed E-state index contributed by atoms with van der Waals surface area (Å²) in [6, 6.07) is 11.9. The summed E-state index contributed by atoms with van der Waals surface area (Å²) in [5.41, 5.74) is 3.35. The zero-order chi connectivity index (χ0) is 15.7. The number of aromatic nitrogens is 1. The van der Waals surface area contributed by atoms with Gasteiger partial charge in [-0.15, -0.1) is 6.58 Å². The lowest BCUT2D eigenvalue weighted by Gasteiger charge is -2.10. The number of allylic oxidation sites excluding steroid dienone is 1. The maximum atomic E-state index is 11.8. The van der Waals surface area contributed by atoms with Crippen LogP contribution in [0.4, 0.5) is 0 Å². The van der Waals surface area contributed by atoms with Crippen LogP contribution >= 0.6 is 0 Å². The molecule has 1 N–H and O–H groups in total. The van der Waals surface area contributed by atoms with E-state index < -0.39 is 5.97 Å². The number of rotatable bonds is 4. The topological polar surface area (TPSA) is 42.1 Å². The van der Waals surface area contributed by atoms with E-state index in [2.05, 4.69) is 24.2 Å². The van der Waals surface area contributed by atoms with E-state index in [0.29, 0.717) is 17.7 Å². The molecule has 0 saturated carbocycles. The van der Waals surface area contributed by atoms with Crippen molar-refractivity contribution in [2.45, 2.75) is 13.3 Å². The molecule has 3 nitrogen and oxygen atoms in total. The molecule has 22 heavy (non-hydrogen) atoms. The fourth-order valence-corrected chi connectivity index (χ4v) is 2.59. The number of benzene rings is 2. The van der Waals surface area contributed by atoms with Crippen LogP contribution in [-0.2, 0) is 11.2 Å². The molecule has 0 fully saturated rings. The number of para-hydroxylation sites is 1. The summed E-state index contributed by atoms with van der Waals surface area (Å²) in [6.45, 7) is 9.06. The van der Waals surface area contributed by atoms with Gasteiger partial charge in [0.1, 0.15) is 5.75 Å². The monoisotopic (exact) mass is 291 g/mol. The Bertz CT molecular complexity index is 902. The van der Waals surface area contributed by atoms with Crippen LogP contribution in [0.2, 0.25) is 0 Å². The average Bonchev–Trinajstić information content (AvgIpc) is 2.88. The molecule has 110 valence electrons. The number of esters is 1. The van der Waals surface area contributed by atoms with Gasteiger partial charge in [0.25, 0.3) is 0 Å². The number of ether oxygens (including phenoxy) is 1. The molecule has 1 aromatic heterocycles. The molecule has 0 saturated heterocycles. The van der Waals surface area contributed by atoms with Gasteiger partial charge in [-0.25, -0.2) is 4.79 Å². The van der Waals surface area contributed by atoms with Crippen molar-refractivity contribution in [3.8, 4) is 5.75 Å². The van der Waals surface area contributed by atoms with E-state index in [-0.39, 0.29) is 0 Å². The molecule has 0 unspecified atom stereocenters. The highest BCUT2D eigenvalue weighted by molar-refractivity contribution is 6.09. The van der Waals surface area contributed by atoms with Crippen molar-refractivity contribution >= 4 is 27.8 Å². The molecule has 0 aliphatic heterocycles. The lowest BCUT2D eigenvalue weighted by atomic mass is 10.1. The Hall–Kier alpha value is -2.81. The van der Waals surface area contributed by atoms with E-state index in [9.17, 15) is 4.79 Å². The second-order valence-corrected chi connectivity index (χ2v) is 5.30. The number of carbonyl (C=O) groups is 1. The van der Waals surface area contributed by atoms with Crippen LogP contribution < -0.4 is 4.74 Å². The molecule has 1 heterocycles. The summed E-state index contributed by atoms with van der Waals surface area (Å²) in [5, 5.41) is 2.27. The Morgan fingerprint density at radius 1 is 1.23 bits per heavy atom. The van der Waals surface area contributed by atoms with Crippen molar-refractivity contribution in [1.29, 1.82) is 0 Å². The Balaban J connectivity index is 2.23. The third-order valence-corrected chi connectivity index (χ3v) is 3.65. The van der Waals surface area contributed by atoms with Crippen LogP contribution in [0.25, 0.3) is 21.8 Å². The van der Waals surface area contributed by atoms with Crippen molar-refractivity contribution < 1.29 is 9.53 Å². The van der Waals surface area contributed by atoms with Gasteiger partial charge < -0.3 is 9.72 Å². The molecule has 2 aromatic carbocycles. The van der Waals surface area contributed by atoms with Crippen molar-refractivity contribution in [2.75, 3.05) is 0 Å². The van der Waals surface area contributed by atoms with E-state index in [1.165, 1.54) is 0 Å². The summed E-state index contributed by atoms with van der Waals surface area (Å²) in [7, 11) is 0. The summed E-state index contributed by atoms with van der Waals surface area (Å²) >= 11 is 0. The lowest BCUT2D eigenvalue weighted by Crippen LogP contribution is -2.09. The molecule has 0 bridgehead atoms. The van der Waals surface area contributed by atoms with Crippen molar-refractivity contribution in [1.82, 2.24) is 4.98 Å². The predicted molar refractivity (Wildman–Crippen MR) is 90.2 cm³/mol. The highest BCUT2D eigenvalue weighted by Crippen LogP contribution is 2.33.